The smallest absolute Gasteiger partial charge is 0.310 e. The Morgan fingerprint density at radius 1 is 1.37 bits per heavy atom. The van der Waals surface area contributed by atoms with E-state index in [1.165, 1.54) is 24.8 Å². The van der Waals surface area contributed by atoms with Crippen LogP contribution in [0, 0.1) is 0 Å². The van der Waals surface area contributed by atoms with E-state index in [0.717, 1.165) is 24.7 Å². The number of rotatable bonds is 7. The van der Waals surface area contributed by atoms with E-state index in [1.54, 1.807) is 6.92 Å². The SMILES string of the molecule is CCCN(Cc1ccc(C(C)C(=O)O)cc1)C1CC1. The lowest BCUT2D eigenvalue weighted by Crippen LogP contribution is -2.26. The molecule has 1 N–H and O–H groups in total. The van der Waals surface area contributed by atoms with E-state index in [2.05, 4.69) is 24.0 Å². The van der Waals surface area contributed by atoms with Gasteiger partial charge in [0.1, 0.15) is 0 Å². The molecular formula is C16H23NO2. The second kappa shape index (κ2) is 6.20. The fraction of sp³-hybridized carbons (Fsp3) is 0.562. The van der Waals surface area contributed by atoms with Crippen molar-refractivity contribution in [3.05, 3.63) is 35.4 Å². The highest BCUT2D eigenvalue weighted by atomic mass is 16.4. The molecule has 3 heteroatoms. The molecule has 1 aromatic carbocycles. The van der Waals surface area contributed by atoms with Crippen LogP contribution in [0.2, 0.25) is 0 Å². The monoisotopic (exact) mass is 261 g/mol. The van der Waals surface area contributed by atoms with Crippen LogP contribution < -0.4 is 0 Å². The van der Waals surface area contributed by atoms with Gasteiger partial charge in [-0.1, -0.05) is 31.2 Å². The average molecular weight is 261 g/mol. The first-order valence-corrected chi connectivity index (χ1v) is 7.17. The third-order valence-electron chi connectivity index (χ3n) is 3.81. The Morgan fingerprint density at radius 3 is 2.47 bits per heavy atom. The first-order valence-electron chi connectivity index (χ1n) is 7.17. The number of aliphatic carboxylic acids is 1. The Kier molecular flexibility index (Phi) is 4.59. The summed E-state index contributed by atoms with van der Waals surface area (Å²) in [5, 5.41) is 8.99. The predicted octanol–water partition coefficient (Wildman–Crippen LogP) is 3.25. The standard InChI is InChI=1S/C16H23NO2/c1-3-10-17(15-8-9-15)11-13-4-6-14(7-5-13)12(2)16(18)19/h4-7,12,15H,3,8-11H2,1-2H3,(H,18,19). The number of benzene rings is 1. The number of nitrogens with zero attached hydrogens (tertiary/aromatic N) is 1. The maximum absolute atomic E-state index is 10.9. The van der Waals surface area contributed by atoms with Gasteiger partial charge < -0.3 is 5.11 Å². The Balaban J connectivity index is 1.99. The summed E-state index contributed by atoms with van der Waals surface area (Å²) in [6.07, 6.45) is 3.84. The molecule has 104 valence electrons. The van der Waals surface area contributed by atoms with Crippen molar-refractivity contribution in [3.8, 4) is 0 Å². The molecule has 1 saturated carbocycles. The molecule has 0 amide bonds. The van der Waals surface area contributed by atoms with Crippen molar-refractivity contribution in [2.24, 2.45) is 0 Å². The molecule has 0 radical (unpaired) electrons. The molecule has 2 rings (SSSR count). The number of carboxylic acids is 1. The first kappa shape index (κ1) is 14.1. The van der Waals surface area contributed by atoms with Gasteiger partial charge in [0.15, 0.2) is 0 Å². The van der Waals surface area contributed by atoms with Gasteiger partial charge in [0, 0.05) is 12.6 Å². The lowest BCUT2D eigenvalue weighted by molar-refractivity contribution is -0.138. The molecule has 0 heterocycles. The topological polar surface area (TPSA) is 40.5 Å². The molecule has 1 aliphatic carbocycles. The lowest BCUT2D eigenvalue weighted by Gasteiger charge is -2.21. The van der Waals surface area contributed by atoms with E-state index >= 15 is 0 Å². The predicted molar refractivity (Wildman–Crippen MR) is 76.2 cm³/mol. The van der Waals surface area contributed by atoms with Crippen LogP contribution in [0.5, 0.6) is 0 Å². The van der Waals surface area contributed by atoms with Gasteiger partial charge in [-0.25, -0.2) is 0 Å². The minimum atomic E-state index is -0.765. The van der Waals surface area contributed by atoms with Crippen LogP contribution in [0.3, 0.4) is 0 Å². The summed E-state index contributed by atoms with van der Waals surface area (Å²) >= 11 is 0. The van der Waals surface area contributed by atoms with E-state index < -0.39 is 11.9 Å². The van der Waals surface area contributed by atoms with Crippen molar-refractivity contribution >= 4 is 5.97 Å². The summed E-state index contributed by atoms with van der Waals surface area (Å²) < 4.78 is 0. The van der Waals surface area contributed by atoms with E-state index in [9.17, 15) is 4.79 Å². The van der Waals surface area contributed by atoms with Gasteiger partial charge in [-0.2, -0.15) is 0 Å². The van der Waals surface area contributed by atoms with Gasteiger partial charge in [-0.15, -0.1) is 0 Å². The molecule has 0 spiro atoms. The van der Waals surface area contributed by atoms with Gasteiger partial charge in [-0.05, 0) is 43.9 Å². The van der Waals surface area contributed by atoms with Crippen LogP contribution in [-0.4, -0.2) is 28.6 Å². The van der Waals surface area contributed by atoms with E-state index in [0.29, 0.717) is 0 Å². The number of carbonyl (C=O) groups is 1. The third-order valence-corrected chi connectivity index (χ3v) is 3.81. The molecule has 1 fully saturated rings. The molecule has 1 atom stereocenters. The summed E-state index contributed by atoms with van der Waals surface area (Å²) in [5.41, 5.74) is 2.16. The molecule has 0 aliphatic heterocycles. The molecule has 0 aromatic heterocycles. The minimum Gasteiger partial charge on any atom is -0.481 e. The van der Waals surface area contributed by atoms with Crippen LogP contribution in [0.4, 0.5) is 0 Å². The maximum atomic E-state index is 10.9. The van der Waals surface area contributed by atoms with Crippen molar-refractivity contribution in [1.29, 1.82) is 0 Å². The summed E-state index contributed by atoms with van der Waals surface area (Å²) in [7, 11) is 0. The second-order valence-corrected chi connectivity index (χ2v) is 5.50. The average Bonchev–Trinajstić information content (AvgIpc) is 3.22. The van der Waals surface area contributed by atoms with Crippen molar-refractivity contribution in [2.45, 2.75) is 51.6 Å². The van der Waals surface area contributed by atoms with Crippen LogP contribution >= 0.6 is 0 Å². The first-order chi connectivity index (χ1) is 9.11. The van der Waals surface area contributed by atoms with E-state index in [4.69, 9.17) is 5.11 Å². The summed E-state index contributed by atoms with van der Waals surface area (Å²) in [4.78, 5) is 13.5. The minimum absolute atomic E-state index is 0.427. The molecular weight excluding hydrogens is 238 g/mol. The van der Waals surface area contributed by atoms with Crippen molar-refractivity contribution in [3.63, 3.8) is 0 Å². The fourth-order valence-electron chi connectivity index (χ4n) is 2.41. The summed E-state index contributed by atoms with van der Waals surface area (Å²) in [5.74, 6) is -1.19. The zero-order valence-corrected chi connectivity index (χ0v) is 11.8. The quantitative estimate of drug-likeness (QED) is 0.819. The van der Waals surface area contributed by atoms with Gasteiger partial charge in [0.2, 0.25) is 0 Å². The highest BCUT2D eigenvalue weighted by Crippen LogP contribution is 2.28. The molecule has 0 saturated heterocycles. The Morgan fingerprint density at radius 2 is 2.00 bits per heavy atom. The highest BCUT2D eigenvalue weighted by molar-refractivity contribution is 5.75. The number of carboxylic acid groups (broad SMARTS) is 1. The van der Waals surface area contributed by atoms with Crippen LogP contribution in [0.1, 0.15) is 50.2 Å². The second-order valence-electron chi connectivity index (χ2n) is 5.50. The molecule has 3 nitrogen and oxygen atoms in total. The number of hydrogen-bond acceptors (Lipinski definition) is 2. The Labute approximate surface area is 115 Å². The van der Waals surface area contributed by atoms with Crippen LogP contribution in [-0.2, 0) is 11.3 Å². The largest absolute Gasteiger partial charge is 0.481 e. The Bertz CT molecular complexity index is 423. The lowest BCUT2D eigenvalue weighted by atomic mass is 10.00. The third kappa shape index (κ3) is 3.80. The zero-order valence-electron chi connectivity index (χ0n) is 11.8. The van der Waals surface area contributed by atoms with Gasteiger partial charge >= 0.3 is 5.97 Å². The fourth-order valence-corrected chi connectivity index (χ4v) is 2.41. The zero-order chi connectivity index (χ0) is 13.8. The molecule has 0 bridgehead atoms. The van der Waals surface area contributed by atoms with Crippen molar-refractivity contribution in [1.82, 2.24) is 4.90 Å². The highest BCUT2D eigenvalue weighted by Gasteiger charge is 2.28. The number of hydrogen-bond donors (Lipinski definition) is 1. The van der Waals surface area contributed by atoms with Gasteiger partial charge in [0.05, 0.1) is 5.92 Å². The van der Waals surface area contributed by atoms with Gasteiger partial charge in [0.25, 0.3) is 0 Å². The molecule has 1 unspecified atom stereocenters. The van der Waals surface area contributed by atoms with E-state index in [-0.39, 0.29) is 0 Å². The molecule has 19 heavy (non-hydrogen) atoms. The maximum Gasteiger partial charge on any atom is 0.310 e. The molecule has 1 aliphatic rings. The normalized spacial score (nSPS) is 16.6. The van der Waals surface area contributed by atoms with Crippen molar-refractivity contribution < 1.29 is 9.90 Å². The summed E-state index contributed by atoms with van der Waals surface area (Å²) in [6.45, 7) is 6.08. The summed E-state index contributed by atoms with van der Waals surface area (Å²) in [6, 6.07) is 8.81. The van der Waals surface area contributed by atoms with Crippen LogP contribution in [0.15, 0.2) is 24.3 Å². The van der Waals surface area contributed by atoms with Crippen molar-refractivity contribution in [2.75, 3.05) is 6.54 Å². The Hall–Kier alpha value is -1.35. The van der Waals surface area contributed by atoms with Gasteiger partial charge in [-0.3, -0.25) is 9.69 Å². The molecule has 1 aromatic rings. The van der Waals surface area contributed by atoms with Crippen LogP contribution in [0.25, 0.3) is 0 Å². The van der Waals surface area contributed by atoms with E-state index in [1.807, 2.05) is 12.1 Å².